The largest absolute Gasteiger partial charge is 0.448 e. The van der Waals surface area contributed by atoms with Crippen molar-refractivity contribution in [3.05, 3.63) is 17.8 Å². The third-order valence-electron chi connectivity index (χ3n) is 2.19. The van der Waals surface area contributed by atoms with Gasteiger partial charge in [0.15, 0.2) is 5.89 Å². The molecule has 3 nitrogen and oxygen atoms in total. The first-order valence-electron chi connectivity index (χ1n) is 3.95. The third-order valence-corrected chi connectivity index (χ3v) is 2.19. The van der Waals surface area contributed by atoms with Gasteiger partial charge in [-0.3, -0.25) is 0 Å². The average molecular weight is 153 g/mol. The molecule has 1 saturated carbocycles. The van der Waals surface area contributed by atoms with Crippen molar-refractivity contribution < 1.29 is 9.52 Å². The highest BCUT2D eigenvalue weighted by molar-refractivity contribution is 5.02. The Morgan fingerprint density at radius 3 is 2.91 bits per heavy atom. The van der Waals surface area contributed by atoms with Crippen molar-refractivity contribution in [2.45, 2.75) is 31.8 Å². The van der Waals surface area contributed by atoms with Gasteiger partial charge in [-0.05, 0) is 12.8 Å². The molecule has 0 bridgehead atoms. The second-order valence-electron chi connectivity index (χ2n) is 2.96. The molecule has 0 saturated heterocycles. The fourth-order valence-corrected chi connectivity index (χ4v) is 1.24. The van der Waals surface area contributed by atoms with Gasteiger partial charge >= 0.3 is 0 Å². The Kier molecular flexibility index (Phi) is 1.66. The van der Waals surface area contributed by atoms with Crippen LogP contribution in [0.25, 0.3) is 0 Å². The van der Waals surface area contributed by atoms with E-state index in [4.69, 9.17) is 9.52 Å². The Balaban J connectivity index is 2.11. The first-order chi connectivity index (χ1) is 5.40. The van der Waals surface area contributed by atoms with Gasteiger partial charge in [-0.2, -0.15) is 0 Å². The first kappa shape index (κ1) is 6.85. The zero-order chi connectivity index (χ0) is 7.68. The van der Waals surface area contributed by atoms with E-state index >= 15 is 0 Å². The molecule has 2 rings (SSSR count). The van der Waals surface area contributed by atoms with Gasteiger partial charge in [0.1, 0.15) is 12.0 Å². The maximum absolute atomic E-state index is 8.70. The van der Waals surface area contributed by atoms with Gasteiger partial charge in [0, 0.05) is 5.92 Å². The van der Waals surface area contributed by atoms with Gasteiger partial charge in [0.25, 0.3) is 0 Å². The number of hydrogen-bond donors (Lipinski definition) is 1. The van der Waals surface area contributed by atoms with E-state index in [9.17, 15) is 0 Å². The normalized spacial score (nSPS) is 18.3. The molecule has 0 aliphatic heterocycles. The smallest absolute Gasteiger partial charge is 0.197 e. The van der Waals surface area contributed by atoms with Gasteiger partial charge in [-0.25, -0.2) is 4.98 Å². The van der Waals surface area contributed by atoms with Crippen LogP contribution in [0.5, 0.6) is 0 Å². The highest BCUT2D eigenvalue weighted by Gasteiger charge is 2.23. The lowest BCUT2D eigenvalue weighted by atomic mass is 9.85. The molecule has 1 aromatic rings. The van der Waals surface area contributed by atoms with Gasteiger partial charge < -0.3 is 9.52 Å². The SMILES string of the molecule is OCc1coc(C2CCC2)n1. The second-order valence-corrected chi connectivity index (χ2v) is 2.96. The zero-order valence-corrected chi connectivity index (χ0v) is 6.29. The van der Waals surface area contributed by atoms with Crippen LogP contribution in [0, 0.1) is 0 Å². The standard InChI is InChI=1S/C8H11NO2/c10-4-7-5-11-8(9-7)6-2-1-3-6/h5-6,10H,1-4H2. The van der Waals surface area contributed by atoms with Crippen LogP contribution in [0.4, 0.5) is 0 Å². The molecule has 1 fully saturated rings. The molecule has 0 spiro atoms. The predicted octanol–water partition coefficient (Wildman–Crippen LogP) is 1.43. The van der Waals surface area contributed by atoms with Crippen LogP contribution < -0.4 is 0 Å². The van der Waals surface area contributed by atoms with Crippen molar-refractivity contribution in [3.63, 3.8) is 0 Å². The van der Waals surface area contributed by atoms with E-state index in [1.54, 1.807) is 0 Å². The molecular formula is C8H11NO2. The monoisotopic (exact) mass is 153 g/mol. The molecule has 1 N–H and O–H groups in total. The van der Waals surface area contributed by atoms with E-state index in [-0.39, 0.29) is 6.61 Å². The molecule has 3 heteroatoms. The number of hydrogen-bond acceptors (Lipinski definition) is 3. The zero-order valence-electron chi connectivity index (χ0n) is 6.29. The Hall–Kier alpha value is -0.830. The van der Waals surface area contributed by atoms with Crippen molar-refractivity contribution in [3.8, 4) is 0 Å². The number of oxazole rings is 1. The number of nitrogens with zero attached hydrogens (tertiary/aromatic N) is 1. The van der Waals surface area contributed by atoms with Crippen LogP contribution in [-0.4, -0.2) is 10.1 Å². The van der Waals surface area contributed by atoms with Gasteiger partial charge in [0.2, 0.25) is 0 Å². The molecular weight excluding hydrogens is 142 g/mol. The van der Waals surface area contributed by atoms with Crippen molar-refractivity contribution in [2.75, 3.05) is 0 Å². The summed E-state index contributed by atoms with van der Waals surface area (Å²) in [4.78, 5) is 4.13. The summed E-state index contributed by atoms with van der Waals surface area (Å²) in [7, 11) is 0. The van der Waals surface area contributed by atoms with E-state index in [1.165, 1.54) is 25.5 Å². The van der Waals surface area contributed by atoms with Gasteiger partial charge in [-0.15, -0.1) is 0 Å². The number of aliphatic hydroxyl groups is 1. The predicted molar refractivity (Wildman–Crippen MR) is 39.0 cm³/mol. The molecule has 1 aliphatic rings. The molecule has 0 aromatic carbocycles. The lowest BCUT2D eigenvalue weighted by Crippen LogP contribution is -2.08. The van der Waals surface area contributed by atoms with Gasteiger partial charge in [-0.1, -0.05) is 6.42 Å². The molecule has 0 atom stereocenters. The Bertz CT molecular complexity index is 240. The van der Waals surface area contributed by atoms with E-state index in [0.29, 0.717) is 11.6 Å². The second kappa shape index (κ2) is 2.66. The Morgan fingerprint density at radius 1 is 1.64 bits per heavy atom. The third kappa shape index (κ3) is 1.16. The molecule has 0 unspecified atom stereocenters. The van der Waals surface area contributed by atoms with Crippen LogP contribution >= 0.6 is 0 Å². The van der Waals surface area contributed by atoms with E-state index in [2.05, 4.69) is 4.98 Å². The number of aromatic nitrogens is 1. The van der Waals surface area contributed by atoms with Crippen molar-refractivity contribution >= 4 is 0 Å². The summed E-state index contributed by atoms with van der Waals surface area (Å²) in [6.45, 7) is -0.0176. The molecule has 0 amide bonds. The van der Waals surface area contributed by atoms with Crippen LogP contribution in [0.2, 0.25) is 0 Å². The highest BCUT2D eigenvalue weighted by atomic mass is 16.3. The van der Waals surface area contributed by atoms with Crippen LogP contribution in [-0.2, 0) is 6.61 Å². The summed E-state index contributed by atoms with van der Waals surface area (Å²) >= 11 is 0. The van der Waals surface area contributed by atoms with E-state index in [1.807, 2.05) is 0 Å². The minimum Gasteiger partial charge on any atom is -0.448 e. The molecule has 60 valence electrons. The lowest BCUT2D eigenvalue weighted by molar-refractivity contribution is 0.276. The quantitative estimate of drug-likeness (QED) is 0.699. The Morgan fingerprint density at radius 2 is 2.45 bits per heavy atom. The fraction of sp³-hybridized carbons (Fsp3) is 0.625. The summed E-state index contributed by atoms with van der Waals surface area (Å²) < 4.78 is 5.19. The molecule has 1 aliphatic carbocycles. The minimum atomic E-state index is -0.0176. The topological polar surface area (TPSA) is 46.3 Å². The van der Waals surface area contributed by atoms with Crippen LogP contribution in [0.15, 0.2) is 10.7 Å². The van der Waals surface area contributed by atoms with Crippen LogP contribution in [0.1, 0.15) is 36.8 Å². The van der Waals surface area contributed by atoms with Crippen molar-refractivity contribution in [1.29, 1.82) is 0 Å². The van der Waals surface area contributed by atoms with Crippen molar-refractivity contribution in [1.82, 2.24) is 4.98 Å². The summed E-state index contributed by atoms with van der Waals surface area (Å²) in [5.41, 5.74) is 0.645. The summed E-state index contributed by atoms with van der Waals surface area (Å²) in [6, 6.07) is 0. The molecule has 1 heterocycles. The minimum absolute atomic E-state index is 0.0176. The Labute approximate surface area is 65.1 Å². The van der Waals surface area contributed by atoms with Crippen LogP contribution in [0.3, 0.4) is 0 Å². The summed E-state index contributed by atoms with van der Waals surface area (Å²) in [5.74, 6) is 1.33. The summed E-state index contributed by atoms with van der Waals surface area (Å²) in [6.07, 6.45) is 5.19. The fourth-order valence-electron chi connectivity index (χ4n) is 1.24. The van der Waals surface area contributed by atoms with E-state index in [0.717, 1.165) is 5.89 Å². The van der Waals surface area contributed by atoms with Crippen molar-refractivity contribution in [2.24, 2.45) is 0 Å². The van der Waals surface area contributed by atoms with Gasteiger partial charge in [0.05, 0.1) is 6.61 Å². The number of aliphatic hydroxyl groups excluding tert-OH is 1. The highest BCUT2D eigenvalue weighted by Crippen LogP contribution is 2.35. The maximum Gasteiger partial charge on any atom is 0.197 e. The average Bonchev–Trinajstić information content (AvgIpc) is 2.32. The number of rotatable bonds is 2. The molecule has 11 heavy (non-hydrogen) atoms. The molecule has 1 aromatic heterocycles. The summed E-state index contributed by atoms with van der Waals surface area (Å²) in [5, 5.41) is 8.70. The van der Waals surface area contributed by atoms with E-state index < -0.39 is 0 Å². The first-order valence-corrected chi connectivity index (χ1v) is 3.95. The maximum atomic E-state index is 8.70. The molecule has 0 radical (unpaired) electrons. The lowest BCUT2D eigenvalue weighted by Gasteiger charge is -2.21.